The molecule has 0 amide bonds. The van der Waals surface area contributed by atoms with Crippen LogP contribution >= 0.6 is 11.6 Å². The normalized spacial score (nSPS) is 14.1. The van der Waals surface area contributed by atoms with E-state index in [-0.39, 0.29) is 5.78 Å². The summed E-state index contributed by atoms with van der Waals surface area (Å²) in [7, 11) is 0. The Morgan fingerprint density at radius 2 is 1.85 bits per heavy atom. The SMILES string of the molecule is Cc1c(Cl)cccc1C(=O)c1ccc(OC2CC2)cc1. The molecule has 102 valence electrons. The van der Waals surface area contributed by atoms with E-state index >= 15 is 0 Å². The van der Waals surface area contributed by atoms with E-state index in [2.05, 4.69) is 0 Å². The Morgan fingerprint density at radius 3 is 2.50 bits per heavy atom. The summed E-state index contributed by atoms with van der Waals surface area (Å²) in [6, 6.07) is 12.7. The van der Waals surface area contributed by atoms with E-state index in [0.717, 1.165) is 24.2 Å². The maximum absolute atomic E-state index is 12.5. The summed E-state index contributed by atoms with van der Waals surface area (Å²) in [5.41, 5.74) is 2.12. The average molecular weight is 287 g/mol. The number of ketones is 1. The van der Waals surface area contributed by atoms with Gasteiger partial charge in [-0.2, -0.15) is 0 Å². The predicted molar refractivity (Wildman–Crippen MR) is 79.7 cm³/mol. The van der Waals surface area contributed by atoms with Gasteiger partial charge < -0.3 is 4.74 Å². The molecule has 1 fully saturated rings. The first-order chi connectivity index (χ1) is 9.65. The zero-order chi connectivity index (χ0) is 14.1. The monoisotopic (exact) mass is 286 g/mol. The van der Waals surface area contributed by atoms with Gasteiger partial charge in [0.1, 0.15) is 5.75 Å². The molecule has 3 heteroatoms. The van der Waals surface area contributed by atoms with Crippen LogP contribution in [0.25, 0.3) is 0 Å². The molecule has 2 aromatic rings. The summed E-state index contributed by atoms with van der Waals surface area (Å²) in [5.74, 6) is 0.815. The molecular formula is C17H15ClO2. The predicted octanol–water partition coefficient (Wildman–Crippen LogP) is 4.42. The first kappa shape index (κ1) is 13.2. The number of ether oxygens (including phenoxy) is 1. The Morgan fingerprint density at radius 1 is 1.15 bits per heavy atom. The third-order valence-corrected chi connectivity index (χ3v) is 3.87. The molecular weight excluding hydrogens is 272 g/mol. The molecule has 0 heterocycles. The smallest absolute Gasteiger partial charge is 0.193 e. The Hall–Kier alpha value is -1.80. The maximum Gasteiger partial charge on any atom is 0.193 e. The fraction of sp³-hybridized carbons (Fsp3) is 0.235. The van der Waals surface area contributed by atoms with Gasteiger partial charge in [-0.15, -0.1) is 0 Å². The minimum Gasteiger partial charge on any atom is -0.490 e. The lowest BCUT2D eigenvalue weighted by molar-refractivity contribution is 0.103. The van der Waals surface area contributed by atoms with Gasteiger partial charge in [-0.05, 0) is 55.7 Å². The van der Waals surface area contributed by atoms with Crippen LogP contribution in [0.4, 0.5) is 0 Å². The summed E-state index contributed by atoms with van der Waals surface area (Å²) in [6.45, 7) is 1.86. The second-order valence-corrected chi connectivity index (χ2v) is 5.49. The number of halogens is 1. The van der Waals surface area contributed by atoms with Crippen LogP contribution in [0, 0.1) is 6.92 Å². The Labute approximate surface area is 123 Å². The number of carbonyl (C=O) groups is 1. The van der Waals surface area contributed by atoms with Crippen LogP contribution in [0.2, 0.25) is 5.02 Å². The maximum atomic E-state index is 12.5. The van der Waals surface area contributed by atoms with Crippen LogP contribution in [0.5, 0.6) is 5.75 Å². The van der Waals surface area contributed by atoms with Gasteiger partial charge in [-0.1, -0.05) is 23.7 Å². The van der Waals surface area contributed by atoms with Gasteiger partial charge in [-0.3, -0.25) is 4.79 Å². The van der Waals surface area contributed by atoms with Crippen molar-refractivity contribution >= 4 is 17.4 Å². The van der Waals surface area contributed by atoms with E-state index in [9.17, 15) is 4.79 Å². The molecule has 1 saturated carbocycles. The Kier molecular flexibility index (Phi) is 3.49. The van der Waals surface area contributed by atoms with Crippen molar-refractivity contribution in [1.82, 2.24) is 0 Å². The Bertz CT molecular complexity index is 643. The highest BCUT2D eigenvalue weighted by Gasteiger charge is 2.23. The van der Waals surface area contributed by atoms with Crippen LogP contribution < -0.4 is 4.74 Å². The van der Waals surface area contributed by atoms with Gasteiger partial charge in [0.05, 0.1) is 6.10 Å². The van der Waals surface area contributed by atoms with Crippen molar-refractivity contribution in [3.05, 3.63) is 64.2 Å². The summed E-state index contributed by atoms with van der Waals surface area (Å²) >= 11 is 6.06. The highest BCUT2D eigenvalue weighted by Crippen LogP contribution is 2.27. The van der Waals surface area contributed by atoms with Crippen molar-refractivity contribution in [2.75, 3.05) is 0 Å². The summed E-state index contributed by atoms with van der Waals surface area (Å²) < 4.78 is 5.68. The number of hydrogen-bond acceptors (Lipinski definition) is 2. The molecule has 3 rings (SSSR count). The highest BCUT2D eigenvalue weighted by molar-refractivity contribution is 6.32. The zero-order valence-electron chi connectivity index (χ0n) is 11.2. The fourth-order valence-corrected chi connectivity index (χ4v) is 2.25. The van der Waals surface area contributed by atoms with Crippen LogP contribution in [0.3, 0.4) is 0 Å². The molecule has 0 bridgehead atoms. The van der Waals surface area contributed by atoms with E-state index < -0.39 is 0 Å². The molecule has 2 nitrogen and oxygen atoms in total. The third kappa shape index (κ3) is 2.70. The quantitative estimate of drug-likeness (QED) is 0.778. The van der Waals surface area contributed by atoms with Gasteiger partial charge in [-0.25, -0.2) is 0 Å². The van der Waals surface area contributed by atoms with Crippen molar-refractivity contribution in [2.45, 2.75) is 25.9 Å². The molecule has 0 unspecified atom stereocenters. The molecule has 0 saturated heterocycles. The van der Waals surface area contributed by atoms with Crippen molar-refractivity contribution in [3.8, 4) is 5.75 Å². The van der Waals surface area contributed by atoms with Gasteiger partial charge in [0.15, 0.2) is 5.78 Å². The van der Waals surface area contributed by atoms with Crippen LogP contribution in [0.1, 0.15) is 34.3 Å². The first-order valence-corrected chi connectivity index (χ1v) is 7.09. The van der Waals surface area contributed by atoms with Gasteiger partial charge in [0.2, 0.25) is 0 Å². The topological polar surface area (TPSA) is 26.3 Å². The zero-order valence-corrected chi connectivity index (χ0v) is 12.0. The molecule has 2 aromatic carbocycles. The summed E-state index contributed by atoms with van der Waals surface area (Å²) in [4.78, 5) is 12.5. The molecule has 0 atom stereocenters. The number of benzene rings is 2. The largest absolute Gasteiger partial charge is 0.490 e. The van der Waals surface area contributed by atoms with Crippen molar-refractivity contribution in [1.29, 1.82) is 0 Å². The second-order valence-electron chi connectivity index (χ2n) is 5.08. The molecule has 1 aliphatic carbocycles. The van der Waals surface area contributed by atoms with E-state index in [4.69, 9.17) is 16.3 Å². The van der Waals surface area contributed by atoms with Crippen molar-refractivity contribution in [2.24, 2.45) is 0 Å². The standard InChI is InChI=1S/C17H15ClO2/c1-11-15(3-2-4-16(11)18)17(19)12-5-7-13(8-6-12)20-14-9-10-14/h2-8,14H,9-10H2,1H3. The van der Waals surface area contributed by atoms with E-state index in [1.807, 2.05) is 19.1 Å². The summed E-state index contributed by atoms with van der Waals surface area (Å²) in [6.07, 6.45) is 2.62. The highest BCUT2D eigenvalue weighted by atomic mass is 35.5. The van der Waals surface area contributed by atoms with Gasteiger partial charge in [0, 0.05) is 16.1 Å². The fourth-order valence-electron chi connectivity index (χ4n) is 2.07. The lowest BCUT2D eigenvalue weighted by atomic mass is 9.99. The number of rotatable bonds is 4. The molecule has 0 aromatic heterocycles. The first-order valence-electron chi connectivity index (χ1n) is 6.71. The van der Waals surface area contributed by atoms with Gasteiger partial charge >= 0.3 is 0 Å². The lowest BCUT2D eigenvalue weighted by Crippen LogP contribution is -2.04. The van der Waals surface area contributed by atoms with E-state index in [0.29, 0.717) is 22.3 Å². The third-order valence-electron chi connectivity index (χ3n) is 3.46. The lowest BCUT2D eigenvalue weighted by Gasteiger charge is -2.08. The molecule has 1 aliphatic rings. The molecule has 0 N–H and O–H groups in total. The van der Waals surface area contributed by atoms with E-state index in [1.54, 1.807) is 30.3 Å². The van der Waals surface area contributed by atoms with Crippen LogP contribution in [0.15, 0.2) is 42.5 Å². The van der Waals surface area contributed by atoms with Crippen molar-refractivity contribution in [3.63, 3.8) is 0 Å². The van der Waals surface area contributed by atoms with Crippen LogP contribution in [-0.2, 0) is 0 Å². The van der Waals surface area contributed by atoms with Crippen LogP contribution in [-0.4, -0.2) is 11.9 Å². The molecule has 0 radical (unpaired) electrons. The van der Waals surface area contributed by atoms with E-state index in [1.165, 1.54) is 0 Å². The average Bonchev–Trinajstić information content (AvgIpc) is 3.26. The molecule has 0 spiro atoms. The second kappa shape index (κ2) is 5.29. The molecule has 0 aliphatic heterocycles. The van der Waals surface area contributed by atoms with Gasteiger partial charge in [0.25, 0.3) is 0 Å². The number of hydrogen-bond donors (Lipinski definition) is 0. The minimum atomic E-state index is -0.0111. The minimum absolute atomic E-state index is 0.0111. The summed E-state index contributed by atoms with van der Waals surface area (Å²) in [5, 5.41) is 0.615. The Balaban J connectivity index is 1.84. The number of carbonyl (C=O) groups excluding carboxylic acids is 1. The molecule has 20 heavy (non-hydrogen) atoms. The van der Waals surface area contributed by atoms with Crippen molar-refractivity contribution < 1.29 is 9.53 Å².